The molecule has 0 aliphatic rings. The molecule has 0 aromatic carbocycles. The molecule has 0 unspecified atom stereocenters. The van der Waals surface area contributed by atoms with Gasteiger partial charge in [0.15, 0.2) is 0 Å². The lowest BCUT2D eigenvalue weighted by Gasteiger charge is -2.27. The third kappa shape index (κ3) is 5.38. The topological polar surface area (TPSA) is 78.4 Å². The van der Waals surface area contributed by atoms with E-state index >= 15 is 0 Å². The van der Waals surface area contributed by atoms with Gasteiger partial charge in [-0.15, -0.1) is 11.3 Å². The van der Waals surface area contributed by atoms with Crippen LogP contribution < -0.4 is 10.6 Å². The van der Waals surface area contributed by atoms with Crippen LogP contribution in [0.3, 0.4) is 0 Å². The smallest absolute Gasteiger partial charge is 0.326 e. The molecule has 2 amide bonds. The Labute approximate surface area is 127 Å². The molecule has 1 rings (SSSR count). The Bertz CT molecular complexity index is 482. The zero-order chi connectivity index (χ0) is 15.3. The van der Waals surface area contributed by atoms with Gasteiger partial charge in [0.25, 0.3) is 0 Å². The number of aliphatic carboxylic acids is 1. The van der Waals surface area contributed by atoms with Gasteiger partial charge in [-0.25, -0.2) is 9.59 Å². The monoisotopic (exact) mass is 318 g/mol. The number of carboxylic acid groups (broad SMARTS) is 1. The standard InChI is InChI=1S/C13H19ClN2O3S/c1-13(2,3)10(11(17)18)16-12(19)15-7-6-8-4-5-9(14)20-8/h4-5,10H,6-7H2,1-3H3,(H,17,18)(H2,15,16,19)/t10-/m0/s1. The van der Waals surface area contributed by atoms with Crippen LogP contribution in [0.25, 0.3) is 0 Å². The highest BCUT2D eigenvalue weighted by atomic mass is 35.5. The van der Waals surface area contributed by atoms with Crippen LogP contribution in [-0.2, 0) is 11.2 Å². The van der Waals surface area contributed by atoms with Crippen LogP contribution in [0.5, 0.6) is 0 Å². The first-order valence-electron chi connectivity index (χ1n) is 6.21. The predicted molar refractivity (Wildman–Crippen MR) is 80.4 cm³/mol. The summed E-state index contributed by atoms with van der Waals surface area (Å²) in [5.41, 5.74) is -0.551. The molecule has 3 N–H and O–H groups in total. The summed E-state index contributed by atoms with van der Waals surface area (Å²) in [6, 6.07) is 2.30. The zero-order valence-electron chi connectivity index (χ0n) is 11.7. The van der Waals surface area contributed by atoms with E-state index in [-0.39, 0.29) is 0 Å². The van der Waals surface area contributed by atoms with E-state index in [1.54, 1.807) is 20.8 Å². The summed E-state index contributed by atoms with van der Waals surface area (Å²) in [6.45, 7) is 5.72. The fourth-order valence-corrected chi connectivity index (χ4v) is 2.70. The highest BCUT2D eigenvalue weighted by molar-refractivity contribution is 7.16. The maximum absolute atomic E-state index is 11.7. The summed E-state index contributed by atoms with van der Waals surface area (Å²) in [7, 11) is 0. The highest BCUT2D eigenvalue weighted by Gasteiger charge is 2.32. The second-order valence-electron chi connectivity index (χ2n) is 5.49. The lowest BCUT2D eigenvalue weighted by atomic mass is 9.87. The second-order valence-corrected chi connectivity index (χ2v) is 7.29. The molecule has 0 aliphatic carbocycles. The van der Waals surface area contributed by atoms with Crippen molar-refractivity contribution in [3.05, 3.63) is 21.3 Å². The van der Waals surface area contributed by atoms with Gasteiger partial charge < -0.3 is 15.7 Å². The summed E-state index contributed by atoms with van der Waals surface area (Å²) >= 11 is 7.27. The molecular weight excluding hydrogens is 300 g/mol. The molecule has 1 heterocycles. The van der Waals surface area contributed by atoms with Crippen molar-refractivity contribution in [1.29, 1.82) is 0 Å². The average molecular weight is 319 g/mol. The average Bonchev–Trinajstić information content (AvgIpc) is 2.70. The fourth-order valence-electron chi connectivity index (χ4n) is 1.62. The Morgan fingerprint density at radius 1 is 1.40 bits per heavy atom. The molecule has 0 spiro atoms. The number of urea groups is 1. The highest BCUT2D eigenvalue weighted by Crippen LogP contribution is 2.21. The van der Waals surface area contributed by atoms with Gasteiger partial charge in [-0.1, -0.05) is 32.4 Å². The van der Waals surface area contributed by atoms with Crippen molar-refractivity contribution in [3.8, 4) is 0 Å². The first kappa shape index (κ1) is 16.8. The van der Waals surface area contributed by atoms with Gasteiger partial charge in [0.05, 0.1) is 4.34 Å². The summed E-state index contributed by atoms with van der Waals surface area (Å²) in [6.07, 6.45) is 0.665. The SMILES string of the molecule is CC(C)(C)[C@@H](NC(=O)NCCc1ccc(Cl)s1)C(=O)O. The maximum atomic E-state index is 11.7. The van der Waals surface area contributed by atoms with Crippen LogP contribution in [-0.4, -0.2) is 29.7 Å². The molecule has 0 radical (unpaired) electrons. The Balaban J connectivity index is 2.41. The molecule has 0 fully saturated rings. The van der Waals surface area contributed by atoms with Crippen molar-refractivity contribution < 1.29 is 14.7 Å². The number of hydrogen-bond acceptors (Lipinski definition) is 3. The number of thiophene rings is 1. The first-order valence-corrected chi connectivity index (χ1v) is 7.41. The van der Waals surface area contributed by atoms with Crippen LogP contribution in [0.4, 0.5) is 4.79 Å². The number of carboxylic acids is 1. The second kappa shape index (κ2) is 6.95. The van der Waals surface area contributed by atoms with Crippen LogP contribution in [0.15, 0.2) is 12.1 Å². The van der Waals surface area contributed by atoms with Crippen molar-refractivity contribution in [2.24, 2.45) is 5.41 Å². The van der Waals surface area contributed by atoms with E-state index in [0.29, 0.717) is 17.3 Å². The van der Waals surface area contributed by atoms with E-state index in [0.717, 1.165) is 4.88 Å². The minimum absolute atomic E-state index is 0.430. The van der Waals surface area contributed by atoms with Gasteiger partial charge in [-0.3, -0.25) is 0 Å². The Kier molecular flexibility index (Phi) is 5.83. The molecule has 1 aromatic heterocycles. The minimum atomic E-state index is -1.04. The molecule has 1 aromatic rings. The van der Waals surface area contributed by atoms with Crippen molar-refractivity contribution in [2.45, 2.75) is 33.2 Å². The van der Waals surface area contributed by atoms with Gasteiger partial charge in [-0.05, 0) is 24.0 Å². The van der Waals surface area contributed by atoms with Gasteiger partial charge in [-0.2, -0.15) is 0 Å². The molecular formula is C13H19ClN2O3S. The van der Waals surface area contributed by atoms with E-state index in [4.69, 9.17) is 16.7 Å². The van der Waals surface area contributed by atoms with Gasteiger partial charge in [0, 0.05) is 11.4 Å². The Morgan fingerprint density at radius 3 is 2.50 bits per heavy atom. The van der Waals surface area contributed by atoms with Gasteiger partial charge >= 0.3 is 12.0 Å². The third-order valence-corrected chi connectivity index (χ3v) is 3.97. The summed E-state index contributed by atoms with van der Waals surface area (Å²) in [4.78, 5) is 23.9. The normalized spacial score (nSPS) is 12.8. The predicted octanol–water partition coefficient (Wildman–Crippen LogP) is 2.74. The van der Waals surface area contributed by atoms with E-state index < -0.39 is 23.5 Å². The van der Waals surface area contributed by atoms with Crippen molar-refractivity contribution >= 4 is 34.9 Å². The zero-order valence-corrected chi connectivity index (χ0v) is 13.3. The number of halogens is 1. The van der Waals surface area contributed by atoms with Gasteiger partial charge in [0.1, 0.15) is 6.04 Å². The molecule has 20 heavy (non-hydrogen) atoms. The fraction of sp³-hybridized carbons (Fsp3) is 0.538. The van der Waals surface area contributed by atoms with Crippen molar-refractivity contribution in [1.82, 2.24) is 10.6 Å². The quantitative estimate of drug-likeness (QED) is 0.781. The number of amides is 2. The van der Waals surface area contributed by atoms with Crippen LogP contribution >= 0.6 is 22.9 Å². The molecule has 1 atom stereocenters. The number of carbonyl (C=O) groups excluding carboxylic acids is 1. The lowest BCUT2D eigenvalue weighted by molar-refractivity contribution is -0.141. The van der Waals surface area contributed by atoms with E-state index in [9.17, 15) is 9.59 Å². The minimum Gasteiger partial charge on any atom is -0.480 e. The van der Waals surface area contributed by atoms with Crippen LogP contribution in [0.1, 0.15) is 25.6 Å². The molecule has 7 heteroatoms. The van der Waals surface area contributed by atoms with E-state index in [1.165, 1.54) is 11.3 Å². The van der Waals surface area contributed by atoms with E-state index in [1.807, 2.05) is 12.1 Å². The van der Waals surface area contributed by atoms with Crippen LogP contribution in [0, 0.1) is 5.41 Å². The van der Waals surface area contributed by atoms with Crippen molar-refractivity contribution in [2.75, 3.05) is 6.54 Å². The number of rotatable bonds is 5. The Hall–Kier alpha value is -1.27. The van der Waals surface area contributed by atoms with Gasteiger partial charge in [0.2, 0.25) is 0 Å². The Morgan fingerprint density at radius 2 is 2.05 bits per heavy atom. The first-order chi connectivity index (χ1) is 9.20. The summed E-state index contributed by atoms with van der Waals surface area (Å²) < 4.78 is 0.711. The molecule has 0 bridgehead atoms. The number of carbonyl (C=O) groups is 2. The van der Waals surface area contributed by atoms with Crippen molar-refractivity contribution in [3.63, 3.8) is 0 Å². The number of nitrogens with one attached hydrogen (secondary N) is 2. The maximum Gasteiger partial charge on any atom is 0.326 e. The summed E-state index contributed by atoms with van der Waals surface area (Å²) in [5.74, 6) is -1.04. The molecule has 0 saturated heterocycles. The largest absolute Gasteiger partial charge is 0.480 e. The molecule has 5 nitrogen and oxygen atoms in total. The lowest BCUT2D eigenvalue weighted by Crippen LogP contribution is -2.52. The van der Waals surface area contributed by atoms with Crippen LogP contribution in [0.2, 0.25) is 4.34 Å². The van der Waals surface area contributed by atoms with E-state index in [2.05, 4.69) is 10.6 Å². The molecule has 112 valence electrons. The number of hydrogen-bond donors (Lipinski definition) is 3. The summed E-state index contributed by atoms with van der Waals surface area (Å²) in [5, 5.41) is 14.2. The molecule has 0 aliphatic heterocycles. The third-order valence-electron chi connectivity index (χ3n) is 2.67. The molecule has 0 saturated carbocycles.